The average molecular weight is 290 g/mol. The molecule has 3 atom stereocenters. The molecule has 0 radical (unpaired) electrons. The minimum atomic E-state index is -0.181. The van der Waals surface area contributed by atoms with E-state index in [1.165, 1.54) is 29.5 Å². The molecule has 1 saturated carbocycles. The number of benzene rings is 1. The van der Waals surface area contributed by atoms with Gasteiger partial charge in [0.1, 0.15) is 0 Å². The van der Waals surface area contributed by atoms with Gasteiger partial charge in [0.25, 0.3) is 0 Å². The SMILES string of the molecule is CCOC1(C(NN)c2cccc(C)c2C)CCCC(C)C1. The Morgan fingerprint density at radius 1 is 1.43 bits per heavy atom. The average Bonchev–Trinajstić information content (AvgIpc) is 2.44. The van der Waals surface area contributed by atoms with Crippen LogP contribution in [0.15, 0.2) is 18.2 Å². The third kappa shape index (κ3) is 3.31. The van der Waals surface area contributed by atoms with Crippen molar-refractivity contribution >= 4 is 0 Å². The second-order valence-electron chi connectivity index (χ2n) is 6.59. The van der Waals surface area contributed by atoms with Gasteiger partial charge in [-0.25, -0.2) is 0 Å². The van der Waals surface area contributed by atoms with Crippen LogP contribution in [0.5, 0.6) is 0 Å². The minimum absolute atomic E-state index is 0.0556. The summed E-state index contributed by atoms with van der Waals surface area (Å²) in [5.41, 5.74) is 6.80. The summed E-state index contributed by atoms with van der Waals surface area (Å²) in [7, 11) is 0. The summed E-state index contributed by atoms with van der Waals surface area (Å²) in [6.07, 6.45) is 4.65. The summed E-state index contributed by atoms with van der Waals surface area (Å²) >= 11 is 0. The van der Waals surface area contributed by atoms with Crippen molar-refractivity contribution in [2.24, 2.45) is 11.8 Å². The van der Waals surface area contributed by atoms with Crippen LogP contribution in [0.1, 0.15) is 62.3 Å². The molecule has 1 aliphatic carbocycles. The third-order valence-electron chi connectivity index (χ3n) is 5.07. The zero-order valence-electron chi connectivity index (χ0n) is 13.9. The van der Waals surface area contributed by atoms with Crippen LogP contribution in [-0.2, 0) is 4.74 Å². The highest BCUT2D eigenvalue weighted by atomic mass is 16.5. The summed E-state index contributed by atoms with van der Waals surface area (Å²) in [4.78, 5) is 0. The predicted octanol–water partition coefficient (Wildman–Crippen LogP) is 3.79. The standard InChI is InChI=1S/C18H30N2O/c1-5-21-18(11-7-8-13(2)12-18)17(20-19)16-10-6-9-14(3)15(16)4/h6,9-10,13,17,20H,5,7-8,11-12,19H2,1-4H3. The van der Waals surface area contributed by atoms with E-state index in [1.54, 1.807) is 0 Å². The van der Waals surface area contributed by atoms with Gasteiger partial charge in [-0.15, -0.1) is 0 Å². The molecule has 1 fully saturated rings. The van der Waals surface area contributed by atoms with Gasteiger partial charge in [0.05, 0.1) is 11.6 Å². The van der Waals surface area contributed by atoms with Crippen LogP contribution >= 0.6 is 0 Å². The van der Waals surface area contributed by atoms with Gasteiger partial charge in [0.15, 0.2) is 0 Å². The van der Waals surface area contributed by atoms with Crippen molar-refractivity contribution in [3.8, 4) is 0 Å². The van der Waals surface area contributed by atoms with Crippen molar-refractivity contribution < 1.29 is 4.74 Å². The number of hydrogen-bond acceptors (Lipinski definition) is 3. The number of hydrazine groups is 1. The van der Waals surface area contributed by atoms with E-state index in [1.807, 2.05) is 0 Å². The van der Waals surface area contributed by atoms with E-state index in [-0.39, 0.29) is 11.6 Å². The fourth-order valence-corrected chi connectivity index (χ4v) is 3.92. The molecule has 1 aromatic rings. The van der Waals surface area contributed by atoms with Gasteiger partial charge in [0, 0.05) is 6.61 Å². The number of ether oxygens (including phenoxy) is 1. The molecule has 0 bridgehead atoms. The van der Waals surface area contributed by atoms with Crippen molar-refractivity contribution in [3.05, 3.63) is 34.9 Å². The number of rotatable bonds is 5. The highest BCUT2D eigenvalue weighted by molar-refractivity contribution is 5.37. The first-order valence-electron chi connectivity index (χ1n) is 8.20. The first kappa shape index (κ1) is 16.5. The number of nitrogens with one attached hydrogen (secondary N) is 1. The monoisotopic (exact) mass is 290 g/mol. The van der Waals surface area contributed by atoms with Crippen molar-refractivity contribution in [2.75, 3.05) is 6.61 Å². The van der Waals surface area contributed by atoms with Crippen LogP contribution < -0.4 is 11.3 Å². The molecule has 0 aliphatic heterocycles. The molecule has 1 aromatic carbocycles. The third-order valence-corrected chi connectivity index (χ3v) is 5.07. The van der Waals surface area contributed by atoms with Gasteiger partial charge in [-0.3, -0.25) is 11.3 Å². The van der Waals surface area contributed by atoms with Crippen LogP contribution in [0.3, 0.4) is 0 Å². The maximum absolute atomic E-state index is 6.30. The van der Waals surface area contributed by atoms with Crippen LogP contribution in [-0.4, -0.2) is 12.2 Å². The lowest BCUT2D eigenvalue weighted by Crippen LogP contribution is -2.51. The molecule has 1 aliphatic rings. The first-order valence-corrected chi connectivity index (χ1v) is 8.20. The van der Waals surface area contributed by atoms with Crippen LogP contribution in [0, 0.1) is 19.8 Å². The van der Waals surface area contributed by atoms with E-state index in [0.29, 0.717) is 5.92 Å². The van der Waals surface area contributed by atoms with Crippen LogP contribution in [0.2, 0.25) is 0 Å². The summed E-state index contributed by atoms with van der Waals surface area (Å²) < 4.78 is 6.30. The predicted molar refractivity (Wildman–Crippen MR) is 88.0 cm³/mol. The molecule has 0 amide bonds. The Labute approximate surface area is 129 Å². The molecule has 118 valence electrons. The van der Waals surface area contributed by atoms with E-state index in [2.05, 4.69) is 51.3 Å². The number of nitrogens with two attached hydrogens (primary N) is 1. The molecule has 3 heteroatoms. The fourth-order valence-electron chi connectivity index (χ4n) is 3.92. The second-order valence-corrected chi connectivity index (χ2v) is 6.59. The van der Waals surface area contributed by atoms with E-state index in [0.717, 1.165) is 19.4 Å². The largest absolute Gasteiger partial charge is 0.373 e. The van der Waals surface area contributed by atoms with Crippen molar-refractivity contribution in [2.45, 2.75) is 65.0 Å². The molecular formula is C18H30N2O. The highest BCUT2D eigenvalue weighted by Gasteiger charge is 2.43. The Morgan fingerprint density at radius 2 is 2.19 bits per heavy atom. The summed E-state index contributed by atoms with van der Waals surface area (Å²) in [5.74, 6) is 6.67. The molecule has 0 spiro atoms. The molecule has 21 heavy (non-hydrogen) atoms. The first-order chi connectivity index (χ1) is 10.0. The van der Waals surface area contributed by atoms with Crippen molar-refractivity contribution in [3.63, 3.8) is 0 Å². The molecule has 3 unspecified atom stereocenters. The Bertz CT molecular complexity index is 470. The van der Waals surface area contributed by atoms with E-state index >= 15 is 0 Å². The summed E-state index contributed by atoms with van der Waals surface area (Å²) in [6.45, 7) is 9.47. The Kier molecular flexibility index (Phi) is 5.42. The maximum atomic E-state index is 6.30. The van der Waals surface area contributed by atoms with Gasteiger partial charge < -0.3 is 4.74 Å². The molecule has 0 heterocycles. The van der Waals surface area contributed by atoms with E-state index < -0.39 is 0 Å². The molecule has 3 N–H and O–H groups in total. The quantitative estimate of drug-likeness (QED) is 0.640. The van der Waals surface area contributed by atoms with E-state index in [4.69, 9.17) is 10.6 Å². The minimum Gasteiger partial charge on any atom is -0.373 e. The zero-order valence-corrected chi connectivity index (χ0v) is 13.9. The highest BCUT2D eigenvalue weighted by Crippen LogP contribution is 2.44. The van der Waals surface area contributed by atoms with Crippen LogP contribution in [0.25, 0.3) is 0 Å². The van der Waals surface area contributed by atoms with Gasteiger partial charge in [-0.1, -0.05) is 38.0 Å². The lowest BCUT2D eigenvalue weighted by atomic mass is 9.72. The number of aryl methyl sites for hydroxylation is 1. The number of hydrogen-bond donors (Lipinski definition) is 2. The topological polar surface area (TPSA) is 47.3 Å². The molecule has 3 nitrogen and oxygen atoms in total. The molecular weight excluding hydrogens is 260 g/mol. The zero-order chi connectivity index (χ0) is 15.5. The van der Waals surface area contributed by atoms with Crippen molar-refractivity contribution in [1.29, 1.82) is 0 Å². The fraction of sp³-hybridized carbons (Fsp3) is 0.667. The Morgan fingerprint density at radius 3 is 2.81 bits per heavy atom. The lowest BCUT2D eigenvalue weighted by Gasteiger charge is -2.45. The van der Waals surface area contributed by atoms with Gasteiger partial charge in [-0.2, -0.15) is 0 Å². The summed E-state index contributed by atoms with van der Waals surface area (Å²) in [6, 6.07) is 6.52. The Hall–Kier alpha value is -0.900. The molecule has 0 aromatic heterocycles. The maximum Gasteiger partial charge on any atom is 0.0891 e. The molecule has 0 saturated heterocycles. The smallest absolute Gasteiger partial charge is 0.0891 e. The summed E-state index contributed by atoms with van der Waals surface area (Å²) in [5, 5.41) is 0. The Balaban J connectivity index is 2.42. The van der Waals surface area contributed by atoms with Gasteiger partial charge in [0.2, 0.25) is 0 Å². The normalized spacial score (nSPS) is 27.6. The van der Waals surface area contributed by atoms with Crippen molar-refractivity contribution in [1.82, 2.24) is 5.43 Å². The lowest BCUT2D eigenvalue weighted by molar-refractivity contribution is -0.102. The molecule has 2 rings (SSSR count). The van der Waals surface area contributed by atoms with Gasteiger partial charge in [-0.05, 0) is 56.2 Å². The van der Waals surface area contributed by atoms with E-state index in [9.17, 15) is 0 Å². The second kappa shape index (κ2) is 6.91. The van der Waals surface area contributed by atoms with Crippen LogP contribution in [0.4, 0.5) is 0 Å². The van der Waals surface area contributed by atoms with Gasteiger partial charge >= 0.3 is 0 Å².